The smallest absolute Gasteiger partial charge is 0.185 e. The molecule has 0 atom stereocenters. The number of methoxy groups -OCH3 is 2. The Morgan fingerprint density at radius 2 is 1.24 bits per heavy atom. The zero-order chi connectivity index (χ0) is 26.3. The number of hydrogen-bond acceptors (Lipinski definition) is 3. The van der Waals surface area contributed by atoms with Gasteiger partial charge in [0.25, 0.3) is 0 Å². The number of ketones is 1. The zero-order valence-corrected chi connectivity index (χ0v) is 21.7. The fourth-order valence-corrected chi connectivity index (χ4v) is 4.79. The van der Waals surface area contributed by atoms with E-state index in [-0.39, 0.29) is 5.78 Å². The Hall–Kier alpha value is -4.63. The van der Waals surface area contributed by atoms with Crippen molar-refractivity contribution in [3.05, 3.63) is 149 Å². The van der Waals surface area contributed by atoms with Gasteiger partial charge in [-0.3, -0.25) is 4.79 Å². The van der Waals surface area contributed by atoms with Crippen molar-refractivity contribution in [3.63, 3.8) is 0 Å². The molecule has 0 aromatic heterocycles. The molecule has 5 rings (SSSR count). The third kappa shape index (κ3) is 5.68. The normalized spacial score (nSPS) is 11.1. The van der Waals surface area contributed by atoms with Gasteiger partial charge in [-0.1, -0.05) is 97.1 Å². The maximum atomic E-state index is 13.2. The SMILES string of the molecule is COc1ccc(C=CC(=O)c2ccc3c(Cc4ccccc4)ccc(Cc4ccccc4)c3c2)cc1OC. The van der Waals surface area contributed by atoms with Crippen LogP contribution >= 0.6 is 0 Å². The van der Waals surface area contributed by atoms with E-state index in [0.29, 0.717) is 17.1 Å². The summed E-state index contributed by atoms with van der Waals surface area (Å²) in [6, 6.07) is 37.1. The number of benzene rings is 5. The van der Waals surface area contributed by atoms with Crippen LogP contribution < -0.4 is 9.47 Å². The summed E-state index contributed by atoms with van der Waals surface area (Å²) < 4.78 is 10.7. The van der Waals surface area contributed by atoms with Gasteiger partial charge < -0.3 is 9.47 Å². The highest BCUT2D eigenvalue weighted by Crippen LogP contribution is 2.30. The molecule has 38 heavy (non-hydrogen) atoms. The fraction of sp³-hybridized carbons (Fsp3) is 0.114. The van der Waals surface area contributed by atoms with Crippen molar-refractivity contribution in [3.8, 4) is 11.5 Å². The maximum absolute atomic E-state index is 13.2. The first-order valence-corrected chi connectivity index (χ1v) is 12.7. The lowest BCUT2D eigenvalue weighted by Gasteiger charge is -2.13. The molecule has 0 saturated carbocycles. The first-order chi connectivity index (χ1) is 18.6. The van der Waals surface area contributed by atoms with Crippen LogP contribution in [0.2, 0.25) is 0 Å². The molecule has 0 aliphatic heterocycles. The molecule has 188 valence electrons. The fourth-order valence-electron chi connectivity index (χ4n) is 4.79. The molecule has 5 aromatic carbocycles. The van der Waals surface area contributed by atoms with Crippen LogP contribution in [0.4, 0.5) is 0 Å². The quantitative estimate of drug-likeness (QED) is 0.153. The van der Waals surface area contributed by atoms with Gasteiger partial charge >= 0.3 is 0 Å². The van der Waals surface area contributed by atoms with Crippen molar-refractivity contribution in [2.24, 2.45) is 0 Å². The van der Waals surface area contributed by atoms with Gasteiger partial charge in [-0.05, 0) is 75.7 Å². The van der Waals surface area contributed by atoms with Gasteiger partial charge in [-0.25, -0.2) is 0 Å². The monoisotopic (exact) mass is 498 g/mol. The molecular weight excluding hydrogens is 468 g/mol. The first-order valence-electron chi connectivity index (χ1n) is 12.7. The average molecular weight is 499 g/mol. The molecular formula is C35H30O3. The van der Waals surface area contributed by atoms with Crippen molar-refractivity contribution in [2.75, 3.05) is 14.2 Å². The van der Waals surface area contributed by atoms with Gasteiger partial charge in [0.1, 0.15) is 0 Å². The third-order valence-corrected chi connectivity index (χ3v) is 6.79. The highest BCUT2D eigenvalue weighted by atomic mass is 16.5. The van der Waals surface area contributed by atoms with Gasteiger partial charge in [0.05, 0.1) is 14.2 Å². The summed E-state index contributed by atoms with van der Waals surface area (Å²) in [6.07, 6.45) is 5.08. The second-order valence-corrected chi connectivity index (χ2v) is 9.28. The summed E-state index contributed by atoms with van der Waals surface area (Å²) in [5.41, 5.74) is 6.51. The van der Waals surface area contributed by atoms with Crippen LogP contribution in [-0.4, -0.2) is 20.0 Å². The lowest BCUT2D eigenvalue weighted by Crippen LogP contribution is -1.99. The zero-order valence-electron chi connectivity index (χ0n) is 21.7. The molecule has 0 fully saturated rings. The van der Waals surface area contributed by atoms with E-state index in [1.54, 1.807) is 20.3 Å². The summed E-state index contributed by atoms with van der Waals surface area (Å²) in [4.78, 5) is 13.2. The van der Waals surface area contributed by atoms with Gasteiger partial charge in [-0.2, -0.15) is 0 Å². The minimum Gasteiger partial charge on any atom is -0.493 e. The predicted molar refractivity (Wildman–Crippen MR) is 155 cm³/mol. The first kappa shape index (κ1) is 25.0. The van der Waals surface area contributed by atoms with Crippen molar-refractivity contribution in [1.82, 2.24) is 0 Å². The van der Waals surface area contributed by atoms with E-state index in [4.69, 9.17) is 9.47 Å². The Morgan fingerprint density at radius 1 is 0.632 bits per heavy atom. The second-order valence-electron chi connectivity index (χ2n) is 9.28. The van der Waals surface area contributed by atoms with Gasteiger partial charge in [-0.15, -0.1) is 0 Å². The number of rotatable bonds is 9. The standard InChI is InChI=1S/C35H30O3/c1-37-34-20-14-27(23-35(34)38-2)13-19-33(36)30-17-18-31-28(21-25-9-5-3-6-10-25)15-16-29(32(31)24-30)22-26-11-7-4-8-12-26/h3-20,23-24H,21-22H2,1-2H3. The lowest BCUT2D eigenvalue weighted by atomic mass is 9.91. The molecule has 5 aromatic rings. The summed E-state index contributed by atoms with van der Waals surface area (Å²) >= 11 is 0. The molecule has 0 heterocycles. The third-order valence-electron chi connectivity index (χ3n) is 6.79. The highest BCUT2D eigenvalue weighted by Gasteiger charge is 2.12. The highest BCUT2D eigenvalue weighted by molar-refractivity contribution is 6.09. The number of fused-ring (bicyclic) bond motifs is 1. The number of ether oxygens (including phenoxy) is 2. The molecule has 0 N–H and O–H groups in total. The predicted octanol–water partition coefficient (Wildman–Crippen LogP) is 7.93. The van der Waals surface area contributed by atoms with Crippen LogP contribution in [0.25, 0.3) is 16.8 Å². The summed E-state index contributed by atoms with van der Waals surface area (Å²) in [6.45, 7) is 0. The van der Waals surface area contributed by atoms with E-state index in [9.17, 15) is 4.79 Å². The molecule has 0 spiro atoms. The molecule has 0 radical (unpaired) electrons. The van der Waals surface area contributed by atoms with Crippen LogP contribution in [0, 0.1) is 0 Å². The van der Waals surface area contributed by atoms with E-state index in [0.717, 1.165) is 23.8 Å². The van der Waals surface area contributed by atoms with Crippen molar-refractivity contribution >= 4 is 22.6 Å². The number of allylic oxidation sites excluding steroid dienone is 1. The molecule has 0 bridgehead atoms. The van der Waals surface area contributed by atoms with Crippen LogP contribution in [0.3, 0.4) is 0 Å². The van der Waals surface area contributed by atoms with E-state index in [1.165, 1.54) is 27.6 Å². The summed E-state index contributed by atoms with van der Waals surface area (Å²) in [7, 11) is 3.21. The Balaban J connectivity index is 1.50. The molecule has 3 nitrogen and oxygen atoms in total. The molecule has 0 saturated heterocycles. The van der Waals surface area contributed by atoms with E-state index >= 15 is 0 Å². The van der Waals surface area contributed by atoms with E-state index in [2.05, 4.69) is 66.7 Å². The van der Waals surface area contributed by atoms with Crippen molar-refractivity contribution in [1.29, 1.82) is 0 Å². The minimum atomic E-state index is -0.0409. The summed E-state index contributed by atoms with van der Waals surface area (Å²) in [5.74, 6) is 1.24. The van der Waals surface area contributed by atoms with Gasteiger partial charge in [0.2, 0.25) is 0 Å². The Kier molecular flexibility index (Phi) is 7.65. The molecule has 3 heteroatoms. The van der Waals surface area contributed by atoms with E-state index in [1.807, 2.05) is 48.5 Å². The van der Waals surface area contributed by atoms with Crippen LogP contribution in [0.5, 0.6) is 11.5 Å². The molecule has 0 unspecified atom stereocenters. The second kappa shape index (κ2) is 11.6. The maximum Gasteiger partial charge on any atom is 0.185 e. The topological polar surface area (TPSA) is 35.5 Å². The van der Waals surface area contributed by atoms with Crippen molar-refractivity contribution < 1.29 is 14.3 Å². The Bertz CT molecular complexity index is 1580. The molecule has 0 amide bonds. The van der Waals surface area contributed by atoms with Gasteiger partial charge in [0.15, 0.2) is 17.3 Å². The van der Waals surface area contributed by atoms with Gasteiger partial charge in [0, 0.05) is 5.56 Å². The van der Waals surface area contributed by atoms with Crippen LogP contribution in [-0.2, 0) is 12.8 Å². The average Bonchev–Trinajstić information content (AvgIpc) is 2.97. The van der Waals surface area contributed by atoms with Crippen LogP contribution in [0.15, 0.2) is 115 Å². The Morgan fingerprint density at radius 3 is 1.84 bits per heavy atom. The van der Waals surface area contributed by atoms with Crippen LogP contribution in [0.1, 0.15) is 38.2 Å². The molecule has 0 aliphatic rings. The van der Waals surface area contributed by atoms with E-state index < -0.39 is 0 Å². The number of hydrogen-bond donors (Lipinski definition) is 0. The molecule has 0 aliphatic carbocycles. The number of carbonyl (C=O) groups excluding carboxylic acids is 1. The lowest BCUT2D eigenvalue weighted by molar-refractivity contribution is 0.104. The van der Waals surface area contributed by atoms with Crippen molar-refractivity contribution in [2.45, 2.75) is 12.8 Å². The summed E-state index contributed by atoms with van der Waals surface area (Å²) in [5, 5.41) is 2.30. The Labute approximate surface area is 224 Å². The minimum absolute atomic E-state index is 0.0409. The number of carbonyl (C=O) groups is 1. The largest absolute Gasteiger partial charge is 0.493 e.